The van der Waals surface area contributed by atoms with Crippen LogP contribution < -0.4 is 5.32 Å². The molecule has 0 atom stereocenters. The highest BCUT2D eigenvalue weighted by Gasteiger charge is 2.23. The van der Waals surface area contributed by atoms with E-state index in [4.69, 9.17) is 4.98 Å². The number of fused-ring (bicyclic) bond motifs is 1. The van der Waals surface area contributed by atoms with E-state index >= 15 is 0 Å². The van der Waals surface area contributed by atoms with Crippen LogP contribution in [0.15, 0.2) is 71.6 Å². The topological polar surface area (TPSA) is 79.4 Å². The van der Waals surface area contributed by atoms with E-state index in [9.17, 15) is 13.2 Å². The summed E-state index contributed by atoms with van der Waals surface area (Å²) in [7, 11) is -2.05. The first-order valence-corrected chi connectivity index (χ1v) is 12.8. The molecule has 4 aromatic rings. The van der Waals surface area contributed by atoms with Crippen LogP contribution in [0.2, 0.25) is 0 Å². The van der Waals surface area contributed by atoms with Crippen molar-refractivity contribution in [1.29, 1.82) is 0 Å². The molecular formula is C25H25N3O3S2. The minimum atomic E-state index is -3.59. The Morgan fingerprint density at radius 1 is 1.00 bits per heavy atom. The SMILES string of the molecule is Cc1ccc2nc(-c3ccc(NC(=O)c4ccc(S(=O)(=O)N(C)C(C)C)cc4)cc3)sc2c1. The Hall–Kier alpha value is -3.07. The Bertz CT molecular complexity index is 1410. The van der Waals surface area contributed by atoms with Crippen LogP contribution in [0, 0.1) is 6.92 Å². The van der Waals surface area contributed by atoms with Gasteiger partial charge in [-0.05, 0) is 87.0 Å². The van der Waals surface area contributed by atoms with Crippen molar-refractivity contribution < 1.29 is 13.2 Å². The highest BCUT2D eigenvalue weighted by atomic mass is 32.2. The Balaban J connectivity index is 1.47. The second kappa shape index (κ2) is 9.05. The van der Waals surface area contributed by atoms with Crippen molar-refractivity contribution in [3.8, 4) is 10.6 Å². The number of aromatic nitrogens is 1. The zero-order valence-corrected chi connectivity index (χ0v) is 20.5. The van der Waals surface area contributed by atoms with Gasteiger partial charge in [-0.2, -0.15) is 4.31 Å². The zero-order chi connectivity index (χ0) is 23.8. The lowest BCUT2D eigenvalue weighted by Gasteiger charge is -2.21. The number of benzene rings is 3. The molecule has 4 rings (SSSR count). The third kappa shape index (κ3) is 4.83. The van der Waals surface area contributed by atoms with E-state index in [1.54, 1.807) is 18.4 Å². The summed E-state index contributed by atoms with van der Waals surface area (Å²) in [6.07, 6.45) is 0. The lowest BCUT2D eigenvalue weighted by molar-refractivity contribution is 0.102. The van der Waals surface area contributed by atoms with E-state index in [2.05, 4.69) is 24.4 Å². The standard InChI is InChI=1S/C25H25N3O3S2/c1-16(2)28(4)33(30,31)21-12-8-18(9-13-21)24(29)26-20-10-6-19(7-11-20)25-27-22-14-5-17(3)15-23(22)32-25/h5-16H,1-4H3,(H,26,29). The first kappa shape index (κ1) is 23.1. The van der Waals surface area contributed by atoms with E-state index in [-0.39, 0.29) is 16.8 Å². The van der Waals surface area contributed by atoms with Gasteiger partial charge < -0.3 is 5.32 Å². The van der Waals surface area contributed by atoms with Crippen molar-refractivity contribution in [3.63, 3.8) is 0 Å². The van der Waals surface area contributed by atoms with Crippen molar-refractivity contribution >= 4 is 43.2 Å². The van der Waals surface area contributed by atoms with E-state index in [1.807, 2.05) is 44.2 Å². The number of aryl methyl sites for hydroxylation is 1. The third-order valence-electron chi connectivity index (χ3n) is 5.45. The molecule has 0 saturated carbocycles. The lowest BCUT2D eigenvalue weighted by Crippen LogP contribution is -2.33. The molecule has 0 aliphatic heterocycles. The molecule has 0 spiro atoms. The fourth-order valence-electron chi connectivity index (χ4n) is 3.28. The van der Waals surface area contributed by atoms with Crippen molar-refractivity contribution in [2.24, 2.45) is 0 Å². The van der Waals surface area contributed by atoms with Crippen molar-refractivity contribution in [1.82, 2.24) is 9.29 Å². The second-order valence-corrected chi connectivity index (χ2v) is 11.2. The van der Waals surface area contributed by atoms with Gasteiger partial charge in [-0.1, -0.05) is 6.07 Å². The van der Waals surface area contributed by atoms with E-state index in [0.29, 0.717) is 11.3 Å². The molecule has 33 heavy (non-hydrogen) atoms. The Morgan fingerprint density at radius 3 is 2.30 bits per heavy atom. The van der Waals surface area contributed by atoms with Gasteiger partial charge in [-0.3, -0.25) is 4.79 Å². The normalized spacial score (nSPS) is 11.9. The number of nitrogens with one attached hydrogen (secondary N) is 1. The molecule has 1 N–H and O–H groups in total. The number of sulfonamides is 1. The predicted octanol–water partition coefficient (Wildman–Crippen LogP) is 5.55. The van der Waals surface area contributed by atoms with Crippen LogP contribution in [0.25, 0.3) is 20.8 Å². The molecule has 1 aromatic heterocycles. The quantitative estimate of drug-likeness (QED) is 0.393. The molecule has 0 fully saturated rings. The summed E-state index contributed by atoms with van der Waals surface area (Å²) in [4.78, 5) is 17.5. The molecule has 0 aliphatic rings. The molecule has 0 bridgehead atoms. The molecule has 0 aliphatic carbocycles. The van der Waals surface area contributed by atoms with Crippen molar-refractivity contribution in [3.05, 3.63) is 77.9 Å². The molecule has 0 radical (unpaired) electrons. The Labute approximate surface area is 198 Å². The van der Waals surface area contributed by atoms with E-state index in [0.717, 1.165) is 20.8 Å². The maximum absolute atomic E-state index is 12.6. The van der Waals surface area contributed by atoms with Crippen molar-refractivity contribution in [2.45, 2.75) is 31.7 Å². The van der Waals surface area contributed by atoms with Gasteiger partial charge in [0.15, 0.2) is 0 Å². The molecule has 6 nitrogen and oxygen atoms in total. The van der Waals surface area contributed by atoms with Gasteiger partial charge in [0.1, 0.15) is 5.01 Å². The van der Waals surface area contributed by atoms with Crippen LogP contribution in [0.3, 0.4) is 0 Å². The average molecular weight is 480 g/mol. The third-order valence-corrected chi connectivity index (χ3v) is 8.57. The summed E-state index contributed by atoms with van der Waals surface area (Å²) < 4.78 is 27.6. The molecular weight excluding hydrogens is 454 g/mol. The summed E-state index contributed by atoms with van der Waals surface area (Å²) in [6, 6.07) is 19.5. The van der Waals surface area contributed by atoms with Gasteiger partial charge in [0.2, 0.25) is 10.0 Å². The van der Waals surface area contributed by atoms with Crippen LogP contribution in [0.5, 0.6) is 0 Å². The first-order chi connectivity index (χ1) is 15.6. The predicted molar refractivity (Wildman–Crippen MR) is 134 cm³/mol. The summed E-state index contributed by atoms with van der Waals surface area (Å²) in [5.41, 5.74) is 4.19. The lowest BCUT2D eigenvalue weighted by atomic mass is 10.2. The highest BCUT2D eigenvalue weighted by molar-refractivity contribution is 7.89. The minimum Gasteiger partial charge on any atom is -0.322 e. The number of anilines is 1. The zero-order valence-electron chi connectivity index (χ0n) is 18.9. The minimum absolute atomic E-state index is 0.158. The van der Waals surface area contributed by atoms with Crippen LogP contribution >= 0.6 is 11.3 Å². The van der Waals surface area contributed by atoms with Crippen LogP contribution in [-0.4, -0.2) is 36.7 Å². The van der Waals surface area contributed by atoms with E-state index < -0.39 is 10.0 Å². The van der Waals surface area contributed by atoms with Gasteiger partial charge >= 0.3 is 0 Å². The summed E-state index contributed by atoms with van der Waals surface area (Å²) in [5.74, 6) is -0.306. The van der Waals surface area contributed by atoms with Gasteiger partial charge in [-0.25, -0.2) is 13.4 Å². The molecule has 8 heteroatoms. The second-order valence-electron chi connectivity index (χ2n) is 8.16. The average Bonchev–Trinajstić information content (AvgIpc) is 3.22. The number of carbonyl (C=O) groups excluding carboxylic acids is 1. The van der Waals surface area contributed by atoms with Gasteiger partial charge in [0.05, 0.1) is 15.1 Å². The van der Waals surface area contributed by atoms with Crippen LogP contribution in [0.4, 0.5) is 5.69 Å². The Morgan fingerprint density at radius 2 is 1.67 bits per heavy atom. The summed E-state index contributed by atoms with van der Waals surface area (Å²) >= 11 is 1.64. The molecule has 1 heterocycles. The maximum Gasteiger partial charge on any atom is 0.255 e. The number of nitrogens with zero attached hydrogens (tertiary/aromatic N) is 2. The summed E-state index contributed by atoms with van der Waals surface area (Å²) in [6.45, 7) is 5.68. The number of carbonyl (C=O) groups is 1. The smallest absolute Gasteiger partial charge is 0.255 e. The maximum atomic E-state index is 12.6. The van der Waals surface area contributed by atoms with Gasteiger partial charge in [0, 0.05) is 29.9 Å². The number of hydrogen-bond donors (Lipinski definition) is 1. The number of hydrogen-bond acceptors (Lipinski definition) is 5. The van der Waals surface area contributed by atoms with Gasteiger partial charge in [0.25, 0.3) is 5.91 Å². The first-order valence-electron chi connectivity index (χ1n) is 10.5. The van der Waals surface area contributed by atoms with Gasteiger partial charge in [-0.15, -0.1) is 11.3 Å². The van der Waals surface area contributed by atoms with Crippen LogP contribution in [-0.2, 0) is 10.0 Å². The highest BCUT2D eigenvalue weighted by Crippen LogP contribution is 2.31. The number of thiazole rings is 1. The fourth-order valence-corrected chi connectivity index (χ4v) is 5.71. The molecule has 1 amide bonds. The molecule has 3 aromatic carbocycles. The van der Waals surface area contributed by atoms with Crippen molar-refractivity contribution in [2.75, 3.05) is 12.4 Å². The number of rotatable bonds is 6. The largest absolute Gasteiger partial charge is 0.322 e. The van der Waals surface area contributed by atoms with Crippen LogP contribution in [0.1, 0.15) is 29.8 Å². The van der Waals surface area contributed by atoms with E-state index in [1.165, 1.54) is 34.1 Å². The summed E-state index contributed by atoms with van der Waals surface area (Å²) in [5, 5.41) is 3.78. The number of amides is 1. The monoisotopic (exact) mass is 479 g/mol. The molecule has 0 unspecified atom stereocenters. The molecule has 170 valence electrons. The molecule has 0 saturated heterocycles. The Kier molecular flexibility index (Phi) is 6.34. The fraction of sp³-hybridized carbons (Fsp3) is 0.200.